The lowest BCUT2D eigenvalue weighted by Gasteiger charge is -2.27. The van der Waals surface area contributed by atoms with Crippen molar-refractivity contribution in [1.29, 1.82) is 0 Å². The van der Waals surface area contributed by atoms with Crippen molar-refractivity contribution in [1.82, 2.24) is 35.6 Å². The van der Waals surface area contributed by atoms with Crippen LogP contribution < -0.4 is 21.3 Å². The number of hydrogen-bond donors (Lipinski definition) is 4. The van der Waals surface area contributed by atoms with E-state index < -0.39 is 47.7 Å². The summed E-state index contributed by atoms with van der Waals surface area (Å²) in [6.45, 7) is 8.04. The summed E-state index contributed by atoms with van der Waals surface area (Å²) in [6.07, 6.45) is 6.52. The van der Waals surface area contributed by atoms with Crippen LogP contribution in [0.4, 0.5) is 14.5 Å². The summed E-state index contributed by atoms with van der Waals surface area (Å²) in [6, 6.07) is 11.2. The number of fused-ring (bicyclic) bond motifs is 1. The van der Waals surface area contributed by atoms with Gasteiger partial charge < -0.3 is 25.1 Å². The number of aryl methyl sites for hydroxylation is 1. The Hall–Kier alpha value is -6.66. The lowest BCUT2D eigenvalue weighted by atomic mass is 9.99. The van der Waals surface area contributed by atoms with E-state index >= 15 is 0 Å². The van der Waals surface area contributed by atoms with Gasteiger partial charge in [0.25, 0.3) is 24.1 Å². The number of rotatable bonds is 20. The number of carbonyl (C=O) groups excluding carboxylic acids is 5. The van der Waals surface area contributed by atoms with Gasteiger partial charge in [-0.05, 0) is 87.1 Å². The number of amides is 5. The smallest absolute Gasteiger partial charge is 0.284 e. The largest absolute Gasteiger partial charge is 0.444 e. The van der Waals surface area contributed by atoms with E-state index in [4.69, 9.17) is 9.15 Å². The molecule has 4 N–H and O–H groups in total. The molecule has 1 unspecified atom stereocenters. The van der Waals surface area contributed by atoms with E-state index in [2.05, 4.69) is 43.1 Å². The maximum absolute atomic E-state index is 14.1. The summed E-state index contributed by atoms with van der Waals surface area (Å²) < 4.78 is 40.7. The van der Waals surface area contributed by atoms with E-state index in [0.717, 1.165) is 23.3 Å². The quantitative estimate of drug-likeness (QED) is 0.0398. The first-order valence-electron chi connectivity index (χ1n) is 20.0. The zero-order chi connectivity index (χ0) is 43.0. The minimum atomic E-state index is -2.96. The summed E-state index contributed by atoms with van der Waals surface area (Å²) in [5.41, 5.74) is 2.34. The van der Waals surface area contributed by atoms with Gasteiger partial charge in [-0.1, -0.05) is 30.3 Å². The highest BCUT2D eigenvalue weighted by Crippen LogP contribution is 2.32. The molecule has 1 saturated carbocycles. The number of benzene rings is 2. The predicted molar refractivity (Wildman–Crippen MR) is 219 cm³/mol. The van der Waals surface area contributed by atoms with Crippen LogP contribution in [-0.4, -0.2) is 88.3 Å². The first-order valence-corrected chi connectivity index (χ1v) is 20.0. The number of piperidine rings is 1. The van der Waals surface area contributed by atoms with Gasteiger partial charge in [-0.15, -0.1) is 0 Å². The lowest BCUT2D eigenvalue weighted by molar-refractivity contribution is -0.136. The van der Waals surface area contributed by atoms with Crippen LogP contribution in [0.15, 0.2) is 82.3 Å². The zero-order valence-corrected chi connectivity index (χ0v) is 33.4. The number of imide groups is 2. The molecule has 7 rings (SSSR count). The van der Waals surface area contributed by atoms with Gasteiger partial charge in [-0.25, -0.2) is 23.4 Å². The van der Waals surface area contributed by atoms with Crippen LogP contribution in [0.2, 0.25) is 0 Å². The molecule has 2 aromatic carbocycles. The van der Waals surface area contributed by atoms with Gasteiger partial charge in [0.1, 0.15) is 18.1 Å². The third-order valence-electron chi connectivity index (χ3n) is 10.5. The molecule has 16 nitrogen and oxygen atoms in total. The van der Waals surface area contributed by atoms with Crippen molar-refractivity contribution in [3.05, 3.63) is 112 Å². The third-order valence-corrected chi connectivity index (χ3v) is 10.5. The maximum atomic E-state index is 14.1. The summed E-state index contributed by atoms with van der Waals surface area (Å²) in [4.78, 5) is 72.7. The summed E-state index contributed by atoms with van der Waals surface area (Å²) in [7, 11) is 0. The number of carbonyl (C=O) groups is 5. The van der Waals surface area contributed by atoms with E-state index in [1.54, 1.807) is 49.4 Å². The highest BCUT2D eigenvalue weighted by atomic mass is 19.3. The van der Waals surface area contributed by atoms with Crippen molar-refractivity contribution >= 4 is 47.5 Å². The number of aliphatic imine (C=N–C) groups is 1. The molecule has 1 atom stereocenters. The average molecular weight is 838 g/mol. The Morgan fingerprint density at radius 2 is 1.90 bits per heavy atom. The normalized spacial score (nSPS) is 16.9. The number of oxazole rings is 1. The summed E-state index contributed by atoms with van der Waals surface area (Å²) in [5, 5.41) is 15.3. The molecule has 0 bridgehead atoms. The minimum Gasteiger partial charge on any atom is -0.444 e. The summed E-state index contributed by atoms with van der Waals surface area (Å²) in [5.74, 6) is -1.58. The van der Waals surface area contributed by atoms with Crippen LogP contribution in [0, 0.1) is 5.92 Å². The van der Waals surface area contributed by atoms with Crippen LogP contribution in [0.1, 0.15) is 99.4 Å². The van der Waals surface area contributed by atoms with Crippen molar-refractivity contribution < 1.29 is 41.9 Å². The maximum Gasteiger partial charge on any atom is 0.284 e. The number of nitrogens with zero attached hydrogens (tertiary/aromatic N) is 5. The monoisotopic (exact) mass is 837 g/mol. The average Bonchev–Trinajstić information content (AvgIpc) is 3.66. The predicted octanol–water partition coefficient (Wildman–Crippen LogP) is 5.14. The van der Waals surface area contributed by atoms with Crippen molar-refractivity contribution in [3.8, 4) is 5.69 Å². The Bertz CT molecular complexity index is 2380. The molecule has 2 aliphatic heterocycles. The fourth-order valence-corrected chi connectivity index (χ4v) is 7.02. The van der Waals surface area contributed by atoms with Gasteiger partial charge >= 0.3 is 0 Å². The van der Waals surface area contributed by atoms with Crippen LogP contribution in [-0.2, 0) is 27.3 Å². The molecule has 3 aliphatic rings. The fourth-order valence-electron chi connectivity index (χ4n) is 7.02. The Labute approximate surface area is 349 Å². The van der Waals surface area contributed by atoms with Gasteiger partial charge in [-0.2, -0.15) is 5.10 Å². The number of halogens is 2. The molecule has 2 fully saturated rings. The first-order chi connectivity index (χ1) is 29.5. The number of nitrogens with one attached hydrogen (secondary N) is 4. The highest BCUT2D eigenvalue weighted by Gasteiger charge is 2.45. The Kier molecular flexibility index (Phi) is 13.3. The Morgan fingerprint density at radius 1 is 1.10 bits per heavy atom. The van der Waals surface area contributed by atoms with Crippen molar-refractivity contribution in [2.75, 3.05) is 31.6 Å². The number of aromatic nitrogens is 3. The summed E-state index contributed by atoms with van der Waals surface area (Å²) >= 11 is 0. The molecule has 1 saturated heterocycles. The minimum absolute atomic E-state index is 0.0543. The molecule has 2 aromatic heterocycles. The SMILES string of the molecule is C=N/C(=C\C(=C/C)c1nc(C(=O)Nc2cn(-c3ccc(CNCCOCCCc4cccc5c4C(=O)N(C4CCC(=O)NC4=O)C5=O)cc3)nc2C(F)F)co1)NCC1CC1. The van der Waals surface area contributed by atoms with E-state index in [0.29, 0.717) is 67.7 Å². The molecule has 4 aromatic rings. The molecule has 4 heterocycles. The van der Waals surface area contributed by atoms with Crippen molar-refractivity contribution in [3.63, 3.8) is 0 Å². The Morgan fingerprint density at radius 3 is 2.62 bits per heavy atom. The second-order valence-corrected chi connectivity index (χ2v) is 14.8. The highest BCUT2D eigenvalue weighted by molar-refractivity contribution is 6.24. The van der Waals surface area contributed by atoms with Gasteiger partial charge in [-0.3, -0.25) is 34.2 Å². The second kappa shape index (κ2) is 19.2. The second-order valence-electron chi connectivity index (χ2n) is 14.8. The first kappa shape index (κ1) is 42.5. The number of anilines is 1. The van der Waals surface area contributed by atoms with Gasteiger partial charge in [0.2, 0.25) is 17.7 Å². The molecular weight excluding hydrogens is 793 g/mol. The van der Waals surface area contributed by atoms with E-state index in [1.165, 1.54) is 23.7 Å². The number of hydrogen-bond acceptors (Lipinski definition) is 12. The molecule has 61 heavy (non-hydrogen) atoms. The van der Waals surface area contributed by atoms with Crippen LogP contribution in [0.25, 0.3) is 11.3 Å². The number of alkyl halides is 2. The molecule has 1 aliphatic carbocycles. The molecule has 5 amide bonds. The standard InChI is InChI=1S/C43H45F2N9O7/c1-3-27(20-34(46-2)48-22-26-9-10-26)41-50-32(24-61-41)39(56)49-31-23-53(52-37(31)38(44)45)29-13-11-25(12-14-29)21-47-17-19-60-18-5-7-28-6-4-8-30-36(28)43(59)54(42(30)58)33-15-16-35(55)51-40(33)57/h3-4,6,8,11-14,20,23-24,26,33,38,47-48H,2,5,7,9-10,15-19,21-22H2,1H3,(H,49,56)(H,51,55,57)/b27-3+,34-20+. The topological polar surface area (TPSA) is 202 Å². The third kappa shape index (κ3) is 10.0. The van der Waals surface area contributed by atoms with Crippen LogP contribution in [0.3, 0.4) is 0 Å². The molecule has 318 valence electrons. The van der Waals surface area contributed by atoms with E-state index in [9.17, 15) is 32.8 Å². The number of ether oxygens (including phenoxy) is 1. The van der Waals surface area contributed by atoms with Crippen molar-refractivity contribution in [2.45, 2.75) is 64.5 Å². The lowest BCUT2D eigenvalue weighted by Crippen LogP contribution is -2.54. The molecule has 0 spiro atoms. The molecule has 18 heteroatoms. The molecular formula is C43H45F2N9O7. The molecule has 0 radical (unpaired) electrons. The van der Waals surface area contributed by atoms with E-state index in [1.807, 2.05) is 12.1 Å². The van der Waals surface area contributed by atoms with Gasteiger partial charge in [0.05, 0.1) is 35.3 Å². The fraction of sp³-hybridized carbons (Fsp3) is 0.349. The van der Waals surface area contributed by atoms with E-state index in [-0.39, 0.29) is 41.2 Å². The van der Waals surface area contributed by atoms with Crippen molar-refractivity contribution in [2.24, 2.45) is 10.9 Å². The van der Waals surface area contributed by atoms with Crippen LogP contribution in [0.5, 0.6) is 0 Å². The van der Waals surface area contributed by atoms with Gasteiger partial charge in [0.15, 0.2) is 11.4 Å². The number of allylic oxidation sites excluding steroid dienone is 3. The zero-order valence-electron chi connectivity index (χ0n) is 33.4. The Balaban J connectivity index is 0.855. The van der Waals surface area contributed by atoms with Crippen LogP contribution >= 0.6 is 0 Å². The van der Waals surface area contributed by atoms with Gasteiger partial charge in [0, 0.05) is 38.2 Å².